The number of hydrogen-bond acceptors (Lipinski definition) is 4. The van der Waals surface area contributed by atoms with Crippen LogP contribution in [0.5, 0.6) is 0 Å². The van der Waals surface area contributed by atoms with E-state index in [0.717, 1.165) is 31.9 Å². The van der Waals surface area contributed by atoms with Gasteiger partial charge in [-0.2, -0.15) is 0 Å². The summed E-state index contributed by atoms with van der Waals surface area (Å²) < 4.78 is 0. The van der Waals surface area contributed by atoms with Gasteiger partial charge in [-0.3, -0.25) is 14.5 Å². The number of carbonyl (C=O) groups is 2. The number of carbonyl (C=O) groups excluding carboxylic acids is 2. The Kier molecular flexibility index (Phi) is 6.44. The number of nitrogens with zero attached hydrogens (tertiary/aromatic N) is 2. The van der Waals surface area contributed by atoms with Crippen LogP contribution in [-0.2, 0) is 4.79 Å². The quantitative estimate of drug-likeness (QED) is 0.777. The molecule has 0 aliphatic carbocycles. The van der Waals surface area contributed by atoms with Gasteiger partial charge in [0, 0.05) is 42.5 Å². The molecule has 1 heterocycles. The van der Waals surface area contributed by atoms with E-state index in [2.05, 4.69) is 15.1 Å². The first-order valence-corrected chi connectivity index (χ1v) is 9.75. The molecule has 8 heteroatoms. The van der Waals surface area contributed by atoms with Crippen LogP contribution in [0.3, 0.4) is 0 Å². The van der Waals surface area contributed by atoms with Crippen molar-refractivity contribution in [3.63, 3.8) is 0 Å². The number of anilines is 2. The first-order valence-electron chi connectivity index (χ1n) is 9.00. The van der Waals surface area contributed by atoms with E-state index in [1.807, 2.05) is 19.1 Å². The third-order valence-corrected chi connectivity index (χ3v) is 5.51. The van der Waals surface area contributed by atoms with E-state index in [-0.39, 0.29) is 11.9 Å². The average Bonchev–Trinajstić information content (AvgIpc) is 2.70. The molecule has 2 aromatic rings. The van der Waals surface area contributed by atoms with Gasteiger partial charge >= 0.3 is 0 Å². The molecule has 6 nitrogen and oxygen atoms in total. The summed E-state index contributed by atoms with van der Waals surface area (Å²) in [5, 5.41) is 3.82. The molecule has 1 aliphatic heterocycles. The van der Waals surface area contributed by atoms with Gasteiger partial charge in [0.1, 0.15) is 0 Å². The number of nitrogens with one attached hydrogen (secondary N) is 1. The topological polar surface area (TPSA) is 78.7 Å². The molecule has 1 atom stereocenters. The highest BCUT2D eigenvalue weighted by Crippen LogP contribution is 2.26. The predicted octanol–water partition coefficient (Wildman–Crippen LogP) is 3.24. The fraction of sp³-hybridized carbons (Fsp3) is 0.300. The molecule has 1 saturated heterocycles. The van der Waals surface area contributed by atoms with Crippen molar-refractivity contribution in [3.8, 4) is 0 Å². The van der Waals surface area contributed by atoms with Crippen LogP contribution in [-0.4, -0.2) is 48.9 Å². The Morgan fingerprint density at radius 3 is 2.29 bits per heavy atom. The summed E-state index contributed by atoms with van der Waals surface area (Å²) in [6, 6.07) is 11.9. The van der Waals surface area contributed by atoms with E-state index in [1.165, 1.54) is 0 Å². The number of piperazine rings is 1. The SMILES string of the molecule is CC(C(=O)Nc1cc(Cl)ccc1Cl)N1CCN(c2ccc(C(N)=O)cc2)CC1. The third-order valence-electron chi connectivity index (χ3n) is 4.94. The summed E-state index contributed by atoms with van der Waals surface area (Å²) in [4.78, 5) is 28.2. The minimum Gasteiger partial charge on any atom is -0.369 e. The summed E-state index contributed by atoms with van der Waals surface area (Å²) in [6.45, 7) is 4.94. The van der Waals surface area contributed by atoms with Gasteiger partial charge in [-0.1, -0.05) is 23.2 Å². The standard InChI is InChI=1S/C20H22Cl2N4O2/c1-13(20(28)24-18-12-15(21)4-7-17(18)22)25-8-10-26(11-9-25)16-5-2-14(3-6-16)19(23)27/h2-7,12-13H,8-11H2,1H3,(H2,23,27)(H,24,28). The van der Waals surface area contributed by atoms with Gasteiger partial charge in [0.2, 0.25) is 11.8 Å². The van der Waals surface area contributed by atoms with Gasteiger partial charge in [-0.05, 0) is 49.4 Å². The maximum atomic E-state index is 12.6. The minimum absolute atomic E-state index is 0.122. The summed E-state index contributed by atoms with van der Waals surface area (Å²) in [5.74, 6) is -0.556. The molecule has 0 saturated carbocycles. The highest BCUT2D eigenvalue weighted by molar-refractivity contribution is 6.35. The Morgan fingerprint density at radius 1 is 1.04 bits per heavy atom. The maximum absolute atomic E-state index is 12.6. The molecule has 0 aromatic heterocycles. The first-order chi connectivity index (χ1) is 13.3. The fourth-order valence-corrected chi connectivity index (χ4v) is 3.54. The molecule has 148 valence electrons. The second-order valence-corrected chi connectivity index (χ2v) is 7.57. The van der Waals surface area contributed by atoms with Crippen molar-refractivity contribution in [2.24, 2.45) is 5.73 Å². The van der Waals surface area contributed by atoms with Crippen molar-refractivity contribution in [2.45, 2.75) is 13.0 Å². The number of amides is 2. The number of halogens is 2. The zero-order valence-corrected chi connectivity index (χ0v) is 17.0. The van der Waals surface area contributed by atoms with E-state index in [0.29, 0.717) is 21.3 Å². The molecular weight excluding hydrogens is 399 g/mol. The van der Waals surface area contributed by atoms with E-state index >= 15 is 0 Å². The Labute approximate surface area is 174 Å². The average molecular weight is 421 g/mol. The minimum atomic E-state index is -0.434. The summed E-state index contributed by atoms with van der Waals surface area (Å²) >= 11 is 12.1. The number of rotatable bonds is 5. The van der Waals surface area contributed by atoms with Gasteiger partial charge < -0.3 is 16.0 Å². The van der Waals surface area contributed by atoms with Crippen LogP contribution >= 0.6 is 23.2 Å². The second kappa shape index (κ2) is 8.82. The van der Waals surface area contributed by atoms with Crippen molar-refractivity contribution in [1.29, 1.82) is 0 Å². The number of nitrogens with two attached hydrogens (primary N) is 1. The first kappa shape index (κ1) is 20.5. The second-order valence-electron chi connectivity index (χ2n) is 6.72. The molecule has 0 radical (unpaired) electrons. The predicted molar refractivity (Wildman–Crippen MR) is 113 cm³/mol. The van der Waals surface area contributed by atoms with Crippen LogP contribution in [0.1, 0.15) is 17.3 Å². The lowest BCUT2D eigenvalue weighted by atomic mass is 10.1. The summed E-state index contributed by atoms with van der Waals surface area (Å²) in [5.41, 5.74) is 7.32. The van der Waals surface area contributed by atoms with Crippen LogP contribution in [0.25, 0.3) is 0 Å². The zero-order valence-electron chi connectivity index (χ0n) is 15.5. The fourth-order valence-electron chi connectivity index (χ4n) is 3.20. The molecule has 0 spiro atoms. The number of hydrogen-bond donors (Lipinski definition) is 2. The van der Waals surface area contributed by atoms with E-state index in [1.54, 1.807) is 30.3 Å². The molecule has 0 bridgehead atoms. The van der Waals surface area contributed by atoms with Gasteiger partial charge in [-0.25, -0.2) is 0 Å². The number of primary amides is 1. The summed E-state index contributed by atoms with van der Waals surface area (Å²) in [6.07, 6.45) is 0. The highest BCUT2D eigenvalue weighted by Gasteiger charge is 2.26. The van der Waals surface area contributed by atoms with E-state index < -0.39 is 5.91 Å². The van der Waals surface area contributed by atoms with Gasteiger partial charge in [0.15, 0.2) is 0 Å². The lowest BCUT2D eigenvalue weighted by molar-refractivity contribution is -0.120. The van der Waals surface area contributed by atoms with Crippen LogP contribution < -0.4 is 16.0 Å². The molecule has 1 aliphatic rings. The Balaban J connectivity index is 1.57. The Hall–Kier alpha value is -2.28. The van der Waals surface area contributed by atoms with Crippen LogP contribution in [0.2, 0.25) is 10.0 Å². The molecule has 1 unspecified atom stereocenters. The molecular formula is C20H22Cl2N4O2. The normalized spacial score (nSPS) is 15.9. The van der Waals surface area contributed by atoms with Crippen molar-refractivity contribution < 1.29 is 9.59 Å². The summed E-state index contributed by atoms with van der Waals surface area (Å²) in [7, 11) is 0. The van der Waals surface area contributed by atoms with Crippen molar-refractivity contribution >= 4 is 46.4 Å². The smallest absolute Gasteiger partial charge is 0.248 e. The van der Waals surface area contributed by atoms with Gasteiger partial charge in [0.25, 0.3) is 0 Å². The molecule has 1 fully saturated rings. The number of benzene rings is 2. The molecule has 3 rings (SSSR count). The van der Waals surface area contributed by atoms with Crippen LogP contribution in [0, 0.1) is 0 Å². The van der Waals surface area contributed by atoms with Crippen molar-refractivity contribution in [2.75, 3.05) is 36.4 Å². The Morgan fingerprint density at radius 2 is 1.68 bits per heavy atom. The van der Waals surface area contributed by atoms with Gasteiger partial charge in [-0.15, -0.1) is 0 Å². The molecule has 2 aromatic carbocycles. The lowest BCUT2D eigenvalue weighted by Gasteiger charge is -2.38. The van der Waals surface area contributed by atoms with Gasteiger partial charge in [0.05, 0.1) is 16.8 Å². The van der Waals surface area contributed by atoms with Crippen LogP contribution in [0.4, 0.5) is 11.4 Å². The third kappa shape index (κ3) is 4.76. The monoisotopic (exact) mass is 420 g/mol. The molecule has 28 heavy (non-hydrogen) atoms. The zero-order chi connectivity index (χ0) is 20.3. The lowest BCUT2D eigenvalue weighted by Crippen LogP contribution is -2.52. The maximum Gasteiger partial charge on any atom is 0.248 e. The van der Waals surface area contributed by atoms with Crippen molar-refractivity contribution in [3.05, 3.63) is 58.1 Å². The molecule has 2 amide bonds. The largest absolute Gasteiger partial charge is 0.369 e. The van der Waals surface area contributed by atoms with E-state index in [4.69, 9.17) is 28.9 Å². The van der Waals surface area contributed by atoms with E-state index in [9.17, 15) is 9.59 Å². The van der Waals surface area contributed by atoms with Crippen molar-refractivity contribution in [1.82, 2.24) is 4.90 Å². The Bertz CT molecular complexity index is 865. The van der Waals surface area contributed by atoms with Crippen LogP contribution in [0.15, 0.2) is 42.5 Å². The molecule has 3 N–H and O–H groups in total. The highest BCUT2D eigenvalue weighted by atomic mass is 35.5.